The molecule has 2 unspecified atom stereocenters. The lowest BCUT2D eigenvalue weighted by atomic mass is 9.91. The Morgan fingerprint density at radius 3 is 2.60 bits per heavy atom. The van der Waals surface area contributed by atoms with Gasteiger partial charge in [-0.2, -0.15) is 23.2 Å². The number of benzene rings is 2. The smallest absolute Gasteiger partial charge is 0.493 e. The zero-order valence-electron chi connectivity index (χ0n) is 22.8. The number of hydrogen-bond donors (Lipinski definition) is 1. The molecular weight excluding hydrogens is 589 g/mol. The first-order chi connectivity index (χ1) is 20.7. The van der Waals surface area contributed by atoms with Gasteiger partial charge in [0.25, 0.3) is 0 Å². The fraction of sp³-hybridized carbons (Fsp3) is 0.286. The molecule has 2 aromatic carbocycles. The van der Waals surface area contributed by atoms with Gasteiger partial charge < -0.3 is 18.7 Å². The molecule has 2 aliphatic heterocycles. The summed E-state index contributed by atoms with van der Waals surface area (Å²) in [6.07, 6.45) is 4.54. The number of hydrogen-bond acceptors (Lipinski definition) is 7. The number of nitrogens with zero attached hydrogens (tertiary/aromatic N) is 7. The number of carbonyl (C=O) groups is 1. The first-order valence-corrected chi connectivity index (χ1v) is 13.8. The van der Waals surface area contributed by atoms with Gasteiger partial charge in [0.2, 0.25) is 5.96 Å². The van der Waals surface area contributed by atoms with Crippen molar-refractivity contribution < 1.29 is 27.5 Å². The molecule has 0 radical (unpaired) electrons. The van der Waals surface area contributed by atoms with Gasteiger partial charge >= 0.3 is 12.1 Å². The molecule has 4 heterocycles. The lowest BCUT2D eigenvalue weighted by Gasteiger charge is -2.32. The maximum Gasteiger partial charge on any atom is 0.493 e. The Balaban J connectivity index is 1.37. The Hall–Kier alpha value is -4.56. The van der Waals surface area contributed by atoms with Gasteiger partial charge in [0.1, 0.15) is 23.4 Å². The van der Waals surface area contributed by atoms with Crippen LogP contribution in [0.3, 0.4) is 0 Å². The van der Waals surface area contributed by atoms with Crippen LogP contribution in [0.2, 0.25) is 5.15 Å². The van der Waals surface area contributed by atoms with Gasteiger partial charge in [-0.1, -0.05) is 30.2 Å². The third kappa shape index (κ3) is 5.88. The normalized spacial score (nSPS) is 20.0. The van der Waals surface area contributed by atoms with Crippen molar-refractivity contribution in [3.8, 4) is 17.1 Å². The molecule has 0 bridgehead atoms. The number of rotatable bonds is 6. The standard InChI is InChI=1S/C28H26ClF3N8O3/c1-42-23-14-19(7-10-22(23)38-15-24(29)34-17-38)35-27-36-39-12-3-2-4-21(25(39)40(27)43-26(41)28(30,31)32)18-5-8-20(9-6-18)37-13-11-33-16-37/h5-11,13-17,21,25H,2-4,12H2,1H3,(H,35,36). The lowest BCUT2D eigenvalue weighted by molar-refractivity contribution is -0.234. The number of guanidine groups is 1. The summed E-state index contributed by atoms with van der Waals surface area (Å²) in [4.78, 5) is 29.8. The van der Waals surface area contributed by atoms with Crippen molar-refractivity contribution in [2.24, 2.45) is 4.99 Å². The summed E-state index contributed by atoms with van der Waals surface area (Å²) in [6, 6.07) is 12.6. The van der Waals surface area contributed by atoms with E-state index in [4.69, 9.17) is 21.2 Å². The number of hydroxylamine groups is 2. The molecule has 2 atom stereocenters. The summed E-state index contributed by atoms with van der Waals surface area (Å²) < 4.78 is 49.4. The van der Waals surface area contributed by atoms with E-state index >= 15 is 0 Å². The maximum absolute atomic E-state index is 13.5. The molecule has 1 N–H and O–H groups in total. The second-order valence-corrected chi connectivity index (χ2v) is 10.4. The van der Waals surface area contributed by atoms with Gasteiger partial charge in [-0.15, -0.1) is 0 Å². The number of imidazole rings is 2. The number of alkyl halides is 3. The number of aliphatic imine (C=N–C) groups is 1. The molecule has 11 nitrogen and oxygen atoms in total. The summed E-state index contributed by atoms with van der Waals surface area (Å²) >= 11 is 5.96. The fourth-order valence-electron chi connectivity index (χ4n) is 5.32. The van der Waals surface area contributed by atoms with Crippen LogP contribution in [0.25, 0.3) is 11.4 Å². The van der Waals surface area contributed by atoms with Crippen LogP contribution < -0.4 is 10.2 Å². The van der Waals surface area contributed by atoms with Crippen LogP contribution in [0, 0.1) is 0 Å². The molecule has 2 aliphatic rings. The number of aromatic nitrogens is 4. The Morgan fingerprint density at radius 1 is 1.12 bits per heavy atom. The van der Waals surface area contributed by atoms with Crippen LogP contribution >= 0.6 is 11.6 Å². The van der Waals surface area contributed by atoms with E-state index in [-0.39, 0.29) is 11.9 Å². The summed E-state index contributed by atoms with van der Waals surface area (Å²) in [7, 11) is 1.48. The summed E-state index contributed by atoms with van der Waals surface area (Å²) in [5.41, 5.74) is 5.82. The van der Waals surface area contributed by atoms with Crippen molar-refractivity contribution in [2.75, 3.05) is 13.7 Å². The molecule has 2 saturated heterocycles. The quantitative estimate of drug-likeness (QED) is 0.318. The molecule has 2 aromatic heterocycles. The second kappa shape index (κ2) is 11.6. The number of methoxy groups -OCH3 is 1. The average Bonchev–Trinajstić information content (AvgIpc) is 3.72. The SMILES string of the molecule is COc1cc(N=C2NN3CCCCC(c4ccc(-n5ccnc5)cc4)C3N2OC(=O)C(F)(F)F)ccc1-n1cnc(Cl)c1. The lowest BCUT2D eigenvalue weighted by Crippen LogP contribution is -2.46. The molecule has 43 heavy (non-hydrogen) atoms. The highest BCUT2D eigenvalue weighted by Gasteiger charge is 2.50. The number of ether oxygens (including phenoxy) is 1. The van der Waals surface area contributed by atoms with Crippen molar-refractivity contribution >= 4 is 29.2 Å². The molecule has 0 amide bonds. The molecule has 0 spiro atoms. The van der Waals surface area contributed by atoms with E-state index < -0.39 is 18.3 Å². The van der Waals surface area contributed by atoms with Crippen molar-refractivity contribution in [3.63, 3.8) is 0 Å². The Kier molecular flexibility index (Phi) is 7.71. The fourth-order valence-corrected chi connectivity index (χ4v) is 5.47. The number of fused-ring (bicyclic) bond motifs is 1. The number of halogens is 4. The molecule has 4 aromatic rings. The maximum atomic E-state index is 13.5. The van der Waals surface area contributed by atoms with Crippen molar-refractivity contribution in [2.45, 2.75) is 37.5 Å². The molecule has 0 saturated carbocycles. The second-order valence-electron chi connectivity index (χ2n) is 9.98. The van der Waals surface area contributed by atoms with E-state index in [9.17, 15) is 18.0 Å². The van der Waals surface area contributed by atoms with Crippen LogP contribution in [0.5, 0.6) is 5.75 Å². The Labute approximate surface area is 249 Å². The predicted molar refractivity (Wildman–Crippen MR) is 150 cm³/mol. The van der Waals surface area contributed by atoms with E-state index in [1.54, 1.807) is 46.5 Å². The zero-order chi connectivity index (χ0) is 30.1. The van der Waals surface area contributed by atoms with E-state index in [0.29, 0.717) is 35.2 Å². The summed E-state index contributed by atoms with van der Waals surface area (Å²) in [6.45, 7) is 0.497. The predicted octanol–water partition coefficient (Wildman–Crippen LogP) is 5.14. The van der Waals surface area contributed by atoms with Crippen molar-refractivity contribution in [1.82, 2.24) is 34.6 Å². The minimum atomic E-state index is -5.21. The van der Waals surface area contributed by atoms with Crippen molar-refractivity contribution in [1.29, 1.82) is 0 Å². The van der Waals surface area contributed by atoms with Gasteiger partial charge in [0.15, 0.2) is 0 Å². The van der Waals surface area contributed by atoms with Crippen LogP contribution in [0.15, 0.2) is 78.7 Å². The van der Waals surface area contributed by atoms with Gasteiger partial charge in [-0.05, 0) is 42.7 Å². The molecule has 6 rings (SSSR count). The van der Waals surface area contributed by atoms with Crippen LogP contribution in [0.4, 0.5) is 18.9 Å². The van der Waals surface area contributed by atoms with E-state index in [1.807, 2.05) is 35.0 Å². The van der Waals surface area contributed by atoms with E-state index in [0.717, 1.165) is 29.2 Å². The highest BCUT2D eigenvalue weighted by molar-refractivity contribution is 6.29. The first kappa shape index (κ1) is 28.6. The van der Waals surface area contributed by atoms with E-state index in [1.165, 1.54) is 13.4 Å². The first-order valence-electron chi connectivity index (χ1n) is 13.4. The minimum Gasteiger partial charge on any atom is -0.494 e. The Bertz CT molecular complexity index is 1620. The van der Waals surface area contributed by atoms with Gasteiger partial charge in [0.05, 0.1) is 24.8 Å². The average molecular weight is 615 g/mol. The highest BCUT2D eigenvalue weighted by Crippen LogP contribution is 2.38. The summed E-state index contributed by atoms with van der Waals surface area (Å²) in [5, 5.41) is 3.00. The van der Waals surface area contributed by atoms with Gasteiger partial charge in [0, 0.05) is 42.8 Å². The van der Waals surface area contributed by atoms with E-state index in [2.05, 4.69) is 20.4 Å². The van der Waals surface area contributed by atoms with Crippen molar-refractivity contribution in [3.05, 3.63) is 84.4 Å². The van der Waals surface area contributed by atoms with Crippen LogP contribution in [0.1, 0.15) is 30.7 Å². The topological polar surface area (TPSA) is 102 Å². The highest BCUT2D eigenvalue weighted by atomic mass is 35.5. The van der Waals surface area contributed by atoms with Gasteiger partial charge in [-0.3, -0.25) is 5.43 Å². The monoisotopic (exact) mass is 614 g/mol. The third-order valence-corrected chi connectivity index (χ3v) is 7.50. The molecule has 2 fully saturated rings. The number of nitrogens with one attached hydrogen (secondary N) is 1. The summed E-state index contributed by atoms with van der Waals surface area (Å²) in [5.74, 6) is -2.31. The molecule has 15 heteroatoms. The number of carbonyl (C=O) groups excluding carboxylic acids is 1. The molecular formula is C28H26ClF3N8O3. The van der Waals surface area contributed by atoms with Crippen LogP contribution in [-0.2, 0) is 9.63 Å². The molecule has 224 valence electrons. The minimum absolute atomic E-state index is 0.0648. The van der Waals surface area contributed by atoms with Crippen LogP contribution in [-0.4, -0.2) is 67.1 Å². The number of hydrazine groups is 1. The Morgan fingerprint density at radius 2 is 1.93 bits per heavy atom. The van der Waals surface area contributed by atoms with Gasteiger partial charge in [-0.25, -0.2) is 19.8 Å². The zero-order valence-corrected chi connectivity index (χ0v) is 23.5. The third-order valence-electron chi connectivity index (χ3n) is 7.30. The largest absolute Gasteiger partial charge is 0.494 e. The molecule has 0 aliphatic carbocycles.